The van der Waals surface area contributed by atoms with E-state index in [4.69, 9.17) is 0 Å². The van der Waals surface area contributed by atoms with Crippen molar-refractivity contribution in [1.82, 2.24) is 20.1 Å². The summed E-state index contributed by atoms with van der Waals surface area (Å²) in [5.41, 5.74) is 1.05. The van der Waals surface area contributed by atoms with E-state index in [2.05, 4.69) is 15.6 Å². The molecule has 7 heteroatoms. The maximum atomic E-state index is 11.9. The van der Waals surface area contributed by atoms with E-state index in [9.17, 15) is 9.59 Å². The van der Waals surface area contributed by atoms with Crippen molar-refractivity contribution in [2.45, 2.75) is 59.0 Å². The van der Waals surface area contributed by atoms with E-state index in [1.807, 2.05) is 36.3 Å². The molecule has 0 saturated carbocycles. The van der Waals surface area contributed by atoms with Crippen LogP contribution in [0.1, 0.15) is 45.2 Å². The van der Waals surface area contributed by atoms with Crippen molar-refractivity contribution in [2.75, 3.05) is 26.2 Å². The molecule has 1 saturated heterocycles. The molecule has 1 amide bonds. The monoisotopic (exact) mass is 375 g/mol. The maximum Gasteiger partial charge on any atom is 0.250 e. The van der Waals surface area contributed by atoms with Crippen LogP contribution in [-0.4, -0.2) is 53.6 Å². The van der Waals surface area contributed by atoms with E-state index in [0.717, 1.165) is 57.1 Å². The number of pyridine rings is 1. The summed E-state index contributed by atoms with van der Waals surface area (Å²) in [6, 6.07) is 5.61. The molecule has 1 atom stereocenters. The fourth-order valence-corrected chi connectivity index (χ4v) is 3.32. The van der Waals surface area contributed by atoms with E-state index in [1.165, 1.54) is 0 Å². The van der Waals surface area contributed by atoms with Gasteiger partial charge in [-0.05, 0) is 39.2 Å². The van der Waals surface area contributed by atoms with Crippen molar-refractivity contribution in [1.29, 1.82) is 0 Å². The number of amides is 1. The fourth-order valence-electron chi connectivity index (χ4n) is 3.32. The van der Waals surface area contributed by atoms with Gasteiger partial charge in [-0.3, -0.25) is 14.6 Å². The van der Waals surface area contributed by atoms with Crippen LogP contribution in [0.5, 0.6) is 0 Å². The first-order valence-electron chi connectivity index (χ1n) is 10.0. The minimum Gasteiger partial charge on any atom is -0.357 e. The molecule has 2 rings (SSSR count). The average molecular weight is 376 g/mol. The molecule has 1 unspecified atom stereocenters. The highest BCUT2D eigenvalue weighted by Gasteiger charge is 2.25. The van der Waals surface area contributed by atoms with Gasteiger partial charge in [0.15, 0.2) is 5.96 Å². The number of guanidine groups is 1. The van der Waals surface area contributed by atoms with Crippen LogP contribution in [0, 0.1) is 6.92 Å². The van der Waals surface area contributed by atoms with Gasteiger partial charge in [-0.2, -0.15) is 0 Å². The Kier molecular flexibility index (Phi) is 8.36. The van der Waals surface area contributed by atoms with Gasteiger partial charge in [0.05, 0.1) is 0 Å². The number of carbonyl (C=O) groups excluding carboxylic acids is 1. The summed E-state index contributed by atoms with van der Waals surface area (Å²) in [4.78, 5) is 30.2. The van der Waals surface area contributed by atoms with Crippen LogP contribution < -0.4 is 16.2 Å². The highest BCUT2D eigenvalue weighted by atomic mass is 16.2. The number of aromatic nitrogens is 1. The third-order valence-electron chi connectivity index (χ3n) is 4.86. The zero-order valence-corrected chi connectivity index (χ0v) is 16.8. The summed E-state index contributed by atoms with van der Waals surface area (Å²) in [6.45, 7) is 9.70. The predicted octanol–water partition coefficient (Wildman–Crippen LogP) is 1.50. The third kappa shape index (κ3) is 6.41. The Balaban J connectivity index is 1.78. The van der Waals surface area contributed by atoms with Crippen LogP contribution in [0.2, 0.25) is 0 Å². The van der Waals surface area contributed by atoms with Crippen LogP contribution in [-0.2, 0) is 11.3 Å². The first kappa shape index (κ1) is 21.0. The van der Waals surface area contributed by atoms with Crippen molar-refractivity contribution >= 4 is 11.9 Å². The van der Waals surface area contributed by atoms with Crippen LogP contribution in [0.15, 0.2) is 28.0 Å². The summed E-state index contributed by atoms with van der Waals surface area (Å²) in [6.07, 6.45) is 3.34. The van der Waals surface area contributed by atoms with Crippen molar-refractivity contribution in [3.63, 3.8) is 0 Å². The number of hydrogen-bond donors (Lipinski definition) is 2. The number of likely N-dealkylation sites (tertiary alicyclic amines) is 1. The minimum atomic E-state index is 0.0564. The number of nitrogens with one attached hydrogen (secondary N) is 2. The van der Waals surface area contributed by atoms with E-state index in [-0.39, 0.29) is 17.5 Å². The van der Waals surface area contributed by atoms with Crippen molar-refractivity contribution in [3.8, 4) is 0 Å². The highest BCUT2D eigenvalue weighted by molar-refractivity contribution is 5.80. The fraction of sp³-hybridized carbons (Fsp3) is 0.650. The topological polar surface area (TPSA) is 78.7 Å². The molecule has 2 N–H and O–H groups in total. The van der Waals surface area contributed by atoms with Gasteiger partial charge in [0.25, 0.3) is 5.56 Å². The zero-order chi connectivity index (χ0) is 19.6. The van der Waals surface area contributed by atoms with Gasteiger partial charge in [-0.15, -0.1) is 0 Å². The SMILES string of the molecule is CCNC(=NCCCCn1c(C)cccc1=O)NC1CCN(C(=O)CC)C1. The molecule has 1 aromatic heterocycles. The molecule has 1 aliphatic heterocycles. The first-order valence-corrected chi connectivity index (χ1v) is 10.0. The normalized spacial score (nSPS) is 17.2. The molecule has 0 bridgehead atoms. The number of unbranched alkanes of at least 4 members (excludes halogenated alkanes) is 1. The Morgan fingerprint density at radius 1 is 1.30 bits per heavy atom. The molecule has 150 valence electrons. The quantitative estimate of drug-likeness (QED) is 0.410. The van der Waals surface area contributed by atoms with Gasteiger partial charge in [0.1, 0.15) is 0 Å². The predicted molar refractivity (Wildman–Crippen MR) is 109 cm³/mol. The molecule has 1 aliphatic rings. The second kappa shape index (κ2) is 10.7. The van der Waals surface area contributed by atoms with Gasteiger partial charge < -0.3 is 20.1 Å². The first-order chi connectivity index (χ1) is 13.0. The Labute approximate surface area is 161 Å². The van der Waals surface area contributed by atoms with Gasteiger partial charge in [0, 0.05) is 56.9 Å². The highest BCUT2D eigenvalue weighted by Crippen LogP contribution is 2.10. The molecule has 2 heterocycles. The third-order valence-corrected chi connectivity index (χ3v) is 4.86. The molecular formula is C20H33N5O2. The van der Waals surface area contributed by atoms with E-state index < -0.39 is 0 Å². The van der Waals surface area contributed by atoms with Gasteiger partial charge in [-0.25, -0.2) is 0 Å². The Bertz CT molecular complexity index is 698. The van der Waals surface area contributed by atoms with Crippen LogP contribution in [0.25, 0.3) is 0 Å². The number of aryl methyl sites for hydroxylation is 1. The molecule has 1 aromatic rings. The molecule has 1 fully saturated rings. The Hall–Kier alpha value is -2.31. The van der Waals surface area contributed by atoms with E-state index in [0.29, 0.717) is 13.0 Å². The lowest BCUT2D eigenvalue weighted by molar-refractivity contribution is -0.129. The lowest BCUT2D eigenvalue weighted by Crippen LogP contribution is -2.45. The largest absolute Gasteiger partial charge is 0.357 e. The second-order valence-corrected chi connectivity index (χ2v) is 6.95. The number of aliphatic imine (C=N–C) groups is 1. The Morgan fingerprint density at radius 2 is 2.11 bits per heavy atom. The molecular weight excluding hydrogens is 342 g/mol. The van der Waals surface area contributed by atoms with E-state index >= 15 is 0 Å². The van der Waals surface area contributed by atoms with E-state index in [1.54, 1.807) is 12.1 Å². The van der Waals surface area contributed by atoms with Crippen LogP contribution >= 0.6 is 0 Å². The molecule has 0 aliphatic carbocycles. The molecule has 27 heavy (non-hydrogen) atoms. The maximum absolute atomic E-state index is 11.9. The average Bonchev–Trinajstić information content (AvgIpc) is 3.11. The number of hydrogen-bond acceptors (Lipinski definition) is 3. The van der Waals surface area contributed by atoms with Crippen molar-refractivity contribution < 1.29 is 4.79 Å². The Morgan fingerprint density at radius 3 is 2.81 bits per heavy atom. The zero-order valence-electron chi connectivity index (χ0n) is 16.8. The summed E-state index contributed by atoms with van der Waals surface area (Å²) < 4.78 is 1.81. The van der Waals surface area contributed by atoms with Gasteiger partial charge in [-0.1, -0.05) is 13.0 Å². The summed E-state index contributed by atoms with van der Waals surface area (Å²) in [5, 5.41) is 6.72. The lowest BCUT2D eigenvalue weighted by Gasteiger charge is -2.18. The van der Waals surface area contributed by atoms with Crippen molar-refractivity contribution in [3.05, 3.63) is 34.2 Å². The number of rotatable bonds is 8. The number of carbonyl (C=O) groups is 1. The molecule has 7 nitrogen and oxygen atoms in total. The smallest absolute Gasteiger partial charge is 0.250 e. The standard InChI is InChI=1S/C20H33N5O2/c1-4-18(26)24-14-11-17(15-24)23-20(21-5-2)22-12-6-7-13-25-16(3)9-8-10-19(25)27/h8-10,17H,4-7,11-15H2,1-3H3,(H2,21,22,23). The van der Waals surface area contributed by atoms with Crippen molar-refractivity contribution in [2.24, 2.45) is 4.99 Å². The lowest BCUT2D eigenvalue weighted by atomic mass is 10.2. The summed E-state index contributed by atoms with van der Waals surface area (Å²) in [5.74, 6) is 1.02. The van der Waals surface area contributed by atoms with Gasteiger partial charge in [0.2, 0.25) is 5.91 Å². The summed E-state index contributed by atoms with van der Waals surface area (Å²) in [7, 11) is 0. The number of nitrogens with zero attached hydrogens (tertiary/aromatic N) is 3. The molecule has 0 radical (unpaired) electrons. The minimum absolute atomic E-state index is 0.0564. The second-order valence-electron chi connectivity index (χ2n) is 6.95. The molecule has 0 aromatic carbocycles. The summed E-state index contributed by atoms with van der Waals surface area (Å²) >= 11 is 0. The van der Waals surface area contributed by atoms with Gasteiger partial charge >= 0.3 is 0 Å². The van der Waals surface area contributed by atoms with Crippen LogP contribution in [0.4, 0.5) is 0 Å². The molecule has 0 spiro atoms. The van der Waals surface area contributed by atoms with Crippen LogP contribution in [0.3, 0.4) is 0 Å².